The molecule has 0 fully saturated rings. The number of nitrogens with zero attached hydrogens (tertiary/aromatic N) is 2. The molecule has 0 aliphatic rings. The van der Waals surface area contributed by atoms with Gasteiger partial charge in [-0.1, -0.05) is 23.9 Å². The van der Waals surface area contributed by atoms with Gasteiger partial charge in [-0.3, -0.25) is 14.2 Å². The van der Waals surface area contributed by atoms with Crippen molar-refractivity contribution in [2.45, 2.75) is 43.6 Å². The smallest absolute Gasteiger partial charge is 0.266 e. The van der Waals surface area contributed by atoms with Gasteiger partial charge >= 0.3 is 0 Å². The Bertz CT molecular complexity index is 1090. The molecule has 0 bridgehead atoms. The first-order valence-corrected chi connectivity index (χ1v) is 10.2. The second-order valence-corrected chi connectivity index (χ2v) is 9.06. The van der Waals surface area contributed by atoms with Gasteiger partial charge in [-0.2, -0.15) is 0 Å². The van der Waals surface area contributed by atoms with E-state index >= 15 is 0 Å². The van der Waals surface area contributed by atoms with Crippen LogP contribution in [0, 0.1) is 0 Å². The van der Waals surface area contributed by atoms with Crippen LogP contribution in [0.2, 0.25) is 0 Å². The van der Waals surface area contributed by atoms with Gasteiger partial charge in [-0.15, -0.1) is 0 Å². The van der Waals surface area contributed by atoms with Crippen molar-refractivity contribution in [2.24, 2.45) is 0 Å². The molecule has 0 aliphatic carbocycles. The average molecular weight is 412 g/mol. The van der Waals surface area contributed by atoms with Crippen LogP contribution in [-0.4, -0.2) is 33.4 Å². The van der Waals surface area contributed by atoms with Crippen LogP contribution in [0.1, 0.15) is 27.7 Å². The van der Waals surface area contributed by atoms with E-state index in [1.54, 1.807) is 48.1 Å². The van der Waals surface area contributed by atoms with Crippen LogP contribution in [0.5, 0.6) is 5.75 Å². The molecule has 0 saturated heterocycles. The minimum Gasteiger partial charge on any atom is -0.497 e. The molecule has 1 heterocycles. The number of fused-ring (bicyclic) bond motifs is 1. The van der Waals surface area contributed by atoms with Gasteiger partial charge in [0.15, 0.2) is 5.16 Å². The summed E-state index contributed by atoms with van der Waals surface area (Å²) in [7, 11) is 1.59. The molecule has 2 aromatic carbocycles. The predicted molar refractivity (Wildman–Crippen MR) is 117 cm³/mol. The van der Waals surface area contributed by atoms with E-state index in [1.807, 2.05) is 39.8 Å². The molecule has 1 aromatic heterocycles. The lowest BCUT2D eigenvalue weighted by molar-refractivity contribution is -0.121. The van der Waals surface area contributed by atoms with Crippen LogP contribution < -0.4 is 15.6 Å². The summed E-state index contributed by atoms with van der Waals surface area (Å²) >= 11 is 1.26. The van der Waals surface area contributed by atoms with E-state index in [4.69, 9.17) is 4.74 Å². The summed E-state index contributed by atoms with van der Waals surface area (Å²) in [6.45, 7) is 7.61. The number of ether oxygens (including phenoxy) is 1. The monoisotopic (exact) mass is 411 g/mol. The minimum absolute atomic E-state index is 0.105. The molecule has 7 heteroatoms. The topological polar surface area (TPSA) is 73.2 Å². The lowest BCUT2D eigenvalue weighted by Crippen LogP contribution is -2.44. The molecular formula is C22H25N3O3S. The number of para-hydroxylation sites is 1. The van der Waals surface area contributed by atoms with Crippen LogP contribution in [0.25, 0.3) is 16.6 Å². The van der Waals surface area contributed by atoms with Crippen molar-refractivity contribution >= 4 is 28.6 Å². The van der Waals surface area contributed by atoms with Crippen LogP contribution >= 0.6 is 11.8 Å². The third-order valence-corrected chi connectivity index (χ3v) is 5.28. The average Bonchev–Trinajstić information content (AvgIpc) is 2.67. The number of benzene rings is 2. The summed E-state index contributed by atoms with van der Waals surface area (Å²) in [5.41, 5.74) is 0.762. The van der Waals surface area contributed by atoms with Gasteiger partial charge < -0.3 is 10.1 Å². The summed E-state index contributed by atoms with van der Waals surface area (Å²) in [5.74, 6) is 0.592. The summed E-state index contributed by atoms with van der Waals surface area (Å²) in [5, 5.41) is 3.54. The molecule has 29 heavy (non-hydrogen) atoms. The van der Waals surface area contributed by atoms with Crippen LogP contribution in [0.4, 0.5) is 0 Å². The number of rotatable bonds is 5. The normalized spacial score (nSPS) is 12.6. The van der Waals surface area contributed by atoms with E-state index in [2.05, 4.69) is 10.3 Å². The molecule has 3 rings (SSSR count). The fourth-order valence-corrected chi connectivity index (χ4v) is 3.76. The van der Waals surface area contributed by atoms with Crippen LogP contribution in [0.3, 0.4) is 0 Å². The Balaban J connectivity index is 2.09. The summed E-state index contributed by atoms with van der Waals surface area (Å²) in [6, 6.07) is 14.4. The highest BCUT2D eigenvalue weighted by Gasteiger charge is 2.23. The number of hydrogen-bond acceptors (Lipinski definition) is 5. The highest BCUT2D eigenvalue weighted by atomic mass is 32.2. The highest BCUT2D eigenvalue weighted by Crippen LogP contribution is 2.26. The molecule has 1 N–H and O–H groups in total. The zero-order chi connectivity index (χ0) is 21.2. The van der Waals surface area contributed by atoms with E-state index in [9.17, 15) is 9.59 Å². The zero-order valence-electron chi connectivity index (χ0n) is 17.2. The Labute approximate surface area is 174 Å². The van der Waals surface area contributed by atoms with Crippen LogP contribution in [-0.2, 0) is 4.79 Å². The van der Waals surface area contributed by atoms with Crippen molar-refractivity contribution in [1.82, 2.24) is 14.9 Å². The largest absolute Gasteiger partial charge is 0.497 e. The Morgan fingerprint density at radius 1 is 1.14 bits per heavy atom. The third-order valence-electron chi connectivity index (χ3n) is 4.23. The number of methoxy groups -OCH3 is 1. The summed E-state index contributed by atoms with van der Waals surface area (Å²) in [6.07, 6.45) is 0. The highest BCUT2D eigenvalue weighted by molar-refractivity contribution is 8.00. The number of thioether (sulfide) groups is 1. The van der Waals surface area contributed by atoms with Crippen LogP contribution in [0.15, 0.2) is 58.5 Å². The lowest BCUT2D eigenvalue weighted by atomic mass is 10.1. The van der Waals surface area contributed by atoms with E-state index in [0.29, 0.717) is 27.5 Å². The second-order valence-electron chi connectivity index (χ2n) is 7.75. The van der Waals surface area contributed by atoms with Gasteiger partial charge in [0.05, 0.1) is 29.0 Å². The number of amides is 1. The maximum Gasteiger partial charge on any atom is 0.266 e. The van der Waals surface area contributed by atoms with Crippen molar-refractivity contribution in [1.29, 1.82) is 0 Å². The molecular weight excluding hydrogens is 386 g/mol. The van der Waals surface area contributed by atoms with Gasteiger partial charge in [0.25, 0.3) is 5.56 Å². The molecule has 152 valence electrons. The number of hydrogen-bond donors (Lipinski definition) is 1. The molecule has 6 nitrogen and oxygen atoms in total. The van der Waals surface area contributed by atoms with Gasteiger partial charge in [-0.05, 0) is 64.1 Å². The Hall–Kier alpha value is -2.80. The molecule has 0 radical (unpaired) electrons. The second kappa shape index (κ2) is 8.29. The lowest BCUT2D eigenvalue weighted by Gasteiger charge is -2.23. The third kappa shape index (κ3) is 4.79. The first-order valence-electron chi connectivity index (χ1n) is 9.34. The molecule has 0 aliphatic heterocycles. The van der Waals surface area contributed by atoms with E-state index in [1.165, 1.54) is 11.8 Å². The SMILES string of the molecule is COc1ccc(-n2c(SC(C)C(=O)NC(C)(C)C)nc3ccccc3c2=O)cc1. The Morgan fingerprint density at radius 3 is 2.41 bits per heavy atom. The number of aromatic nitrogens is 2. The van der Waals surface area contributed by atoms with E-state index < -0.39 is 5.25 Å². The quantitative estimate of drug-likeness (QED) is 0.511. The van der Waals surface area contributed by atoms with Crippen molar-refractivity contribution in [2.75, 3.05) is 7.11 Å². The summed E-state index contributed by atoms with van der Waals surface area (Å²) in [4.78, 5) is 30.5. The van der Waals surface area contributed by atoms with Gasteiger partial charge in [0, 0.05) is 5.54 Å². The van der Waals surface area contributed by atoms with E-state index in [0.717, 1.165) is 0 Å². The van der Waals surface area contributed by atoms with Crippen molar-refractivity contribution in [3.63, 3.8) is 0 Å². The van der Waals surface area contributed by atoms with Gasteiger partial charge in [-0.25, -0.2) is 4.98 Å². The fraction of sp³-hybridized carbons (Fsp3) is 0.318. The zero-order valence-corrected chi connectivity index (χ0v) is 18.0. The first kappa shape index (κ1) is 20.9. The van der Waals surface area contributed by atoms with E-state index in [-0.39, 0.29) is 17.0 Å². The molecule has 0 saturated carbocycles. The van der Waals surface area contributed by atoms with Gasteiger partial charge in [0.2, 0.25) is 5.91 Å². The Kier molecular flexibility index (Phi) is 5.98. The van der Waals surface area contributed by atoms with Gasteiger partial charge in [0.1, 0.15) is 5.75 Å². The maximum atomic E-state index is 13.3. The fourth-order valence-electron chi connectivity index (χ4n) is 2.83. The Morgan fingerprint density at radius 2 is 1.79 bits per heavy atom. The number of carbonyl (C=O) groups excluding carboxylic acids is 1. The molecule has 1 unspecified atom stereocenters. The maximum absolute atomic E-state index is 13.3. The number of nitrogens with one attached hydrogen (secondary N) is 1. The van der Waals surface area contributed by atoms with Crippen molar-refractivity contribution in [3.05, 3.63) is 58.9 Å². The molecule has 0 spiro atoms. The van der Waals surface area contributed by atoms with Crippen molar-refractivity contribution in [3.8, 4) is 11.4 Å². The standard InChI is InChI=1S/C22H25N3O3S/c1-14(19(26)24-22(2,3)4)29-21-23-18-9-7-6-8-17(18)20(27)25(21)15-10-12-16(28-5)13-11-15/h6-14H,1-5H3,(H,24,26). The first-order chi connectivity index (χ1) is 13.7. The molecule has 3 aromatic rings. The molecule has 1 atom stereocenters. The summed E-state index contributed by atoms with van der Waals surface area (Å²) < 4.78 is 6.77. The predicted octanol–water partition coefficient (Wildman–Crippen LogP) is 3.79. The van der Waals surface area contributed by atoms with Crippen molar-refractivity contribution < 1.29 is 9.53 Å². The molecule has 1 amide bonds. The minimum atomic E-state index is -0.424. The number of carbonyl (C=O) groups is 1.